The minimum atomic E-state index is 0.0252. The molecule has 106 valence electrons. The molecule has 1 aliphatic heterocycles. The van der Waals surface area contributed by atoms with Crippen molar-refractivity contribution in [2.24, 2.45) is 11.8 Å². The lowest BCUT2D eigenvalue weighted by Gasteiger charge is -2.34. The predicted molar refractivity (Wildman–Crippen MR) is 79.8 cm³/mol. The molecule has 1 aromatic carbocycles. The van der Waals surface area contributed by atoms with E-state index in [1.54, 1.807) is 0 Å². The maximum absolute atomic E-state index is 12.6. The summed E-state index contributed by atoms with van der Waals surface area (Å²) < 4.78 is 5.74. The van der Waals surface area contributed by atoms with Gasteiger partial charge in [0.05, 0.1) is 0 Å². The third-order valence-electron chi connectivity index (χ3n) is 4.04. The third kappa shape index (κ3) is 2.45. The molecule has 20 heavy (non-hydrogen) atoms. The Hall–Kier alpha value is -1.77. The van der Waals surface area contributed by atoms with Gasteiger partial charge in [-0.1, -0.05) is 26.0 Å². The highest BCUT2D eigenvalue weighted by molar-refractivity contribution is 5.96. The summed E-state index contributed by atoms with van der Waals surface area (Å²) in [6, 6.07) is 7.89. The van der Waals surface area contributed by atoms with Gasteiger partial charge in [0.15, 0.2) is 5.76 Å². The van der Waals surface area contributed by atoms with E-state index in [4.69, 9.17) is 4.42 Å². The van der Waals surface area contributed by atoms with Crippen LogP contribution in [0, 0.1) is 18.8 Å². The highest BCUT2D eigenvalue weighted by Crippen LogP contribution is 2.25. The van der Waals surface area contributed by atoms with Crippen LogP contribution in [-0.2, 0) is 0 Å². The molecule has 0 N–H and O–H groups in total. The van der Waals surface area contributed by atoms with Crippen LogP contribution in [0.15, 0.2) is 28.7 Å². The van der Waals surface area contributed by atoms with Crippen molar-refractivity contribution < 1.29 is 9.21 Å². The lowest BCUT2D eigenvalue weighted by Crippen LogP contribution is -2.42. The lowest BCUT2D eigenvalue weighted by atomic mass is 9.92. The molecule has 0 bridgehead atoms. The molecule has 3 nitrogen and oxygen atoms in total. The molecule has 1 aromatic heterocycles. The largest absolute Gasteiger partial charge is 0.451 e. The highest BCUT2D eigenvalue weighted by Gasteiger charge is 2.27. The number of nitrogens with zero attached hydrogens (tertiary/aromatic N) is 1. The smallest absolute Gasteiger partial charge is 0.289 e. The Labute approximate surface area is 119 Å². The third-order valence-corrected chi connectivity index (χ3v) is 4.04. The van der Waals surface area contributed by atoms with E-state index in [2.05, 4.69) is 13.8 Å². The standard InChI is InChI=1S/C17H21NO2/c1-11-4-5-14-8-16(20-15(14)7-11)17(19)18-9-12(2)6-13(3)10-18/h4-5,7-8,12-13H,6,9-10H2,1-3H3. The van der Waals surface area contributed by atoms with Crippen LogP contribution in [0.25, 0.3) is 11.0 Å². The molecule has 1 saturated heterocycles. The molecule has 0 radical (unpaired) electrons. The zero-order valence-electron chi connectivity index (χ0n) is 12.3. The molecule has 2 heterocycles. The van der Waals surface area contributed by atoms with Crippen molar-refractivity contribution in [3.05, 3.63) is 35.6 Å². The van der Waals surface area contributed by atoms with Crippen molar-refractivity contribution in [2.75, 3.05) is 13.1 Å². The van der Waals surface area contributed by atoms with Gasteiger partial charge in [0.1, 0.15) is 5.58 Å². The summed E-state index contributed by atoms with van der Waals surface area (Å²) in [6.45, 7) is 8.10. The molecule has 2 atom stereocenters. The number of likely N-dealkylation sites (tertiary alicyclic amines) is 1. The number of hydrogen-bond donors (Lipinski definition) is 0. The Morgan fingerprint density at radius 1 is 1.20 bits per heavy atom. The van der Waals surface area contributed by atoms with Crippen molar-refractivity contribution in [2.45, 2.75) is 27.2 Å². The van der Waals surface area contributed by atoms with Crippen molar-refractivity contribution in [3.8, 4) is 0 Å². The molecule has 3 rings (SSSR count). The summed E-state index contributed by atoms with van der Waals surface area (Å²) in [5.41, 5.74) is 1.94. The maximum Gasteiger partial charge on any atom is 0.289 e. The van der Waals surface area contributed by atoms with E-state index in [-0.39, 0.29) is 5.91 Å². The second-order valence-corrected chi connectivity index (χ2v) is 6.31. The monoisotopic (exact) mass is 271 g/mol. The summed E-state index contributed by atoms with van der Waals surface area (Å²) in [4.78, 5) is 14.5. The number of carbonyl (C=O) groups is 1. The van der Waals surface area contributed by atoms with Gasteiger partial charge >= 0.3 is 0 Å². The van der Waals surface area contributed by atoms with E-state index in [0.29, 0.717) is 17.6 Å². The van der Waals surface area contributed by atoms with Gasteiger partial charge < -0.3 is 9.32 Å². The number of fused-ring (bicyclic) bond motifs is 1. The second kappa shape index (κ2) is 4.97. The minimum absolute atomic E-state index is 0.0252. The zero-order valence-corrected chi connectivity index (χ0v) is 12.3. The first-order valence-electron chi connectivity index (χ1n) is 7.32. The minimum Gasteiger partial charge on any atom is -0.451 e. The normalized spacial score (nSPS) is 23.2. The van der Waals surface area contributed by atoms with Crippen LogP contribution >= 0.6 is 0 Å². The van der Waals surface area contributed by atoms with Crippen LogP contribution in [-0.4, -0.2) is 23.9 Å². The molecule has 2 aromatic rings. The van der Waals surface area contributed by atoms with E-state index in [0.717, 1.165) is 29.6 Å². The Morgan fingerprint density at radius 3 is 2.60 bits per heavy atom. The Morgan fingerprint density at radius 2 is 1.90 bits per heavy atom. The van der Waals surface area contributed by atoms with Crippen LogP contribution in [0.2, 0.25) is 0 Å². The molecule has 0 aliphatic carbocycles. The van der Waals surface area contributed by atoms with Gasteiger partial charge in [-0.05, 0) is 42.9 Å². The number of piperidine rings is 1. The van der Waals surface area contributed by atoms with Crippen LogP contribution < -0.4 is 0 Å². The first-order chi connectivity index (χ1) is 9.52. The molecule has 1 amide bonds. The predicted octanol–water partition coefficient (Wildman–Crippen LogP) is 3.86. The fourth-order valence-electron chi connectivity index (χ4n) is 3.23. The fraction of sp³-hybridized carbons (Fsp3) is 0.471. The topological polar surface area (TPSA) is 33.5 Å². The van der Waals surface area contributed by atoms with Gasteiger partial charge in [0.25, 0.3) is 5.91 Å². The summed E-state index contributed by atoms with van der Waals surface area (Å²) in [5.74, 6) is 1.62. The van der Waals surface area contributed by atoms with E-state index in [1.165, 1.54) is 6.42 Å². The number of amides is 1. The summed E-state index contributed by atoms with van der Waals surface area (Å²) in [6.07, 6.45) is 1.20. The molecular weight excluding hydrogens is 250 g/mol. The Balaban J connectivity index is 1.88. The molecule has 3 heteroatoms. The molecule has 2 unspecified atom stereocenters. The average molecular weight is 271 g/mol. The Bertz CT molecular complexity index is 633. The summed E-state index contributed by atoms with van der Waals surface area (Å²) in [5, 5.41) is 0.997. The first-order valence-corrected chi connectivity index (χ1v) is 7.32. The number of hydrogen-bond acceptors (Lipinski definition) is 2. The zero-order chi connectivity index (χ0) is 14.3. The SMILES string of the molecule is Cc1ccc2cc(C(=O)N3CC(C)CC(C)C3)oc2c1. The van der Waals surface area contributed by atoms with Gasteiger partial charge in [-0.2, -0.15) is 0 Å². The van der Waals surface area contributed by atoms with Crippen molar-refractivity contribution in [1.29, 1.82) is 0 Å². The highest BCUT2D eigenvalue weighted by atomic mass is 16.3. The summed E-state index contributed by atoms with van der Waals surface area (Å²) in [7, 11) is 0. The molecule has 0 saturated carbocycles. The number of furan rings is 1. The van der Waals surface area contributed by atoms with Crippen molar-refractivity contribution in [3.63, 3.8) is 0 Å². The van der Waals surface area contributed by atoms with Crippen LogP contribution in [0.3, 0.4) is 0 Å². The van der Waals surface area contributed by atoms with E-state index >= 15 is 0 Å². The molecule has 1 aliphatic rings. The number of carbonyl (C=O) groups excluding carboxylic acids is 1. The Kier molecular flexibility index (Phi) is 3.28. The van der Waals surface area contributed by atoms with E-state index < -0.39 is 0 Å². The van der Waals surface area contributed by atoms with Gasteiger partial charge in [-0.25, -0.2) is 0 Å². The molecule has 1 fully saturated rings. The number of aryl methyl sites for hydroxylation is 1. The van der Waals surface area contributed by atoms with E-state index in [1.807, 2.05) is 36.1 Å². The number of rotatable bonds is 1. The van der Waals surface area contributed by atoms with E-state index in [9.17, 15) is 4.79 Å². The molecular formula is C17H21NO2. The average Bonchev–Trinajstić information content (AvgIpc) is 2.79. The van der Waals surface area contributed by atoms with Crippen molar-refractivity contribution in [1.82, 2.24) is 4.90 Å². The van der Waals surface area contributed by atoms with Gasteiger partial charge in [0, 0.05) is 18.5 Å². The van der Waals surface area contributed by atoms with Crippen LogP contribution in [0.1, 0.15) is 36.4 Å². The van der Waals surface area contributed by atoms with Crippen molar-refractivity contribution >= 4 is 16.9 Å². The van der Waals surface area contributed by atoms with Crippen LogP contribution in [0.4, 0.5) is 0 Å². The summed E-state index contributed by atoms with van der Waals surface area (Å²) >= 11 is 0. The second-order valence-electron chi connectivity index (χ2n) is 6.31. The lowest BCUT2D eigenvalue weighted by molar-refractivity contribution is 0.0594. The van der Waals surface area contributed by atoms with Gasteiger partial charge in [-0.3, -0.25) is 4.79 Å². The van der Waals surface area contributed by atoms with Crippen LogP contribution in [0.5, 0.6) is 0 Å². The quantitative estimate of drug-likeness (QED) is 0.789. The van der Waals surface area contributed by atoms with Gasteiger partial charge in [-0.15, -0.1) is 0 Å². The first kappa shape index (κ1) is 13.2. The maximum atomic E-state index is 12.6. The fourth-order valence-corrected chi connectivity index (χ4v) is 3.23. The molecule has 0 spiro atoms. The number of benzene rings is 1. The van der Waals surface area contributed by atoms with Gasteiger partial charge in [0.2, 0.25) is 0 Å².